The number of fused-ring (bicyclic) bond motifs is 2. The van der Waals surface area contributed by atoms with E-state index in [4.69, 9.17) is 5.73 Å². The molecule has 1 amide bonds. The molecule has 7 heteroatoms. The van der Waals surface area contributed by atoms with Gasteiger partial charge in [-0.3, -0.25) is 18.7 Å². The van der Waals surface area contributed by atoms with Crippen molar-refractivity contribution in [3.63, 3.8) is 0 Å². The van der Waals surface area contributed by atoms with E-state index >= 15 is 0 Å². The highest BCUT2D eigenvalue weighted by Crippen LogP contribution is 2.39. The van der Waals surface area contributed by atoms with Gasteiger partial charge in [0.15, 0.2) is 0 Å². The maximum Gasteiger partial charge on any atom is 0.331 e. The third-order valence-electron chi connectivity index (χ3n) is 5.28. The fraction of sp³-hybridized carbons (Fsp3) is 0.688. The first kappa shape index (κ1) is 16.0. The normalized spacial score (nSPS) is 30.0. The first-order chi connectivity index (χ1) is 11.0. The molecular formula is C16H24N4O3. The fourth-order valence-corrected chi connectivity index (χ4v) is 4.15. The van der Waals surface area contributed by atoms with Crippen molar-refractivity contribution in [2.75, 3.05) is 0 Å². The Morgan fingerprint density at radius 3 is 2.61 bits per heavy atom. The van der Waals surface area contributed by atoms with Crippen LogP contribution >= 0.6 is 0 Å². The number of rotatable bonds is 3. The smallest absolute Gasteiger partial charge is 0.331 e. The highest BCUT2D eigenvalue weighted by atomic mass is 16.2. The minimum atomic E-state index is -0.474. The van der Waals surface area contributed by atoms with Gasteiger partial charge in [-0.25, -0.2) is 4.79 Å². The molecule has 2 aliphatic rings. The van der Waals surface area contributed by atoms with Crippen molar-refractivity contribution in [3.05, 3.63) is 33.1 Å². The van der Waals surface area contributed by atoms with E-state index in [-0.39, 0.29) is 30.1 Å². The number of nitrogens with one attached hydrogen (secondary N) is 1. The minimum absolute atomic E-state index is 0.0606. The van der Waals surface area contributed by atoms with Gasteiger partial charge in [0.1, 0.15) is 6.54 Å². The molecule has 0 spiro atoms. The number of carbonyl (C=O) groups excluding carboxylic acids is 1. The van der Waals surface area contributed by atoms with Crippen LogP contribution in [0.25, 0.3) is 0 Å². The van der Waals surface area contributed by atoms with Gasteiger partial charge in [-0.15, -0.1) is 0 Å². The Hall–Kier alpha value is -1.89. The van der Waals surface area contributed by atoms with E-state index in [0.717, 1.165) is 30.3 Å². The van der Waals surface area contributed by atoms with Crippen LogP contribution < -0.4 is 22.3 Å². The van der Waals surface area contributed by atoms with Crippen molar-refractivity contribution in [1.29, 1.82) is 0 Å². The zero-order valence-corrected chi connectivity index (χ0v) is 13.4. The van der Waals surface area contributed by atoms with Crippen LogP contribution in [0.15, 0.2) is 21.9 Å². The van der Waals surface area contributed by atoms with Gasteiger partial charge in [0.25, 0.3) is 5.56 Å². The summed E-state index contributed by atoms with van der Waals surface area (Å²) in [6, 6.07) is 1.70. The van der Waals surface area contributed by atoms with Crippen LogP contribution in [0.3, 0.4) is 0 Å². The average molecular weight is 320 g/mol. The van der Waals surface area contributed by atoms with Crippen LogP contribution in [0.5, 0.6) is 0 Å². The molecule has 2 aliphatic carbocycles. The number of amides is 1. The van der Waals surface area contributed by atoms with E-state index in [1.165, 1.54) is 30.3 Å². The second kappa shape index (κ2) is 6.31. The summed E-state index contributed by atoms with van der Waals surface area (Å²) >= 11 is 0. The van der Waals surface area contributed by atoms with Crippen LogP contribution in [0.2, 0.25) is 0 Å². The van der Waals surface area contributed by atoms with Crippen LogP contribution in [0, 0.1) is 11.8 Å². The van der Waals surface area contributed by atoms with E-state index in [1.807, 2.05) is 0 Å². The lowest BCUT2D eigenvalue weighted by Gasteiger charge is -2.45. The largest absolute Gasteiger partial charge is 0.351 e. The summed E-state index contributed by atoms with van der Waals surface area (Å²) in [5.41, 5.74) is 5.26. The number of aromatic nitrogens is 2. The molecule has 0 radical (unpaired) electrons. The molecule has 2 atom stereocenters. The SMILES string of the molecule is Cn1c(=O)ccn(CC(=O)NC2C3CCCC2CC(N)C3)c1=O. The van der Waals surface area contributed by atoms with Crippen molar-refractivity contribution in [2.45, 2.75) is 50.7 Å². The van der Waals surface area contributed by atoms with Gasteiger partial charge in [-0.2, -0.15) is 0 Å². The second-order valence-electron chi connectivity index (χ2n) is 6.90. The molecule has 23 heavy (non-hydrogen) atoms. The van der Waals surface area contributed by atoms with Gasteiger partial charge in [0.2, 0.25) is 5.91 Å². The fourth-order valence-electron chi connectivity index (χ4n) is 4.15. The summed E-state index contributed by atoms with van der Waals surface area (Å²) < 4.78 is 2.27. The summed E-state index contributed by atoms with van der Waals surface area (Å²) in [5, 5.41) is 3.11. The van der Waals surface area contributed by atoms with E-state index < -0.39 is 5.69 Å². The van der Waals surface area contributed by atoms with Crippen LogP contribution in [-0.2, 0) is 18.4 Å². The Balaban J connectivity index is 1.69. The Bertz CT molecular complexity index is 694. The first-order valence-corrected chi connectivity index (χ1v) is 8.27. The lowest BCUT2D eigenvalue weighted by Crippen LogP contribution is -2.54. The molecule has 126 valence electrons. The Kier molecular flexibility index (Phi) is 4.39. The highest BCUT2D eigenvalue weighted by Gasteiger charge is 2.39. The van der Waals surface area contributed by atoms with E-state index in [2.05, 4.69) is 5.32 Å². The molecule has 0 aliphatic heterocycles. The van der Waals surface area contributed by atoms with Gasteiger partial charge in [-0.05, 0) is 37.5 Å². The molecular weight excluding hydrogens is 296 g/mol. The summed E-state index contributed by atoms with van der Waals surface area (Å²) in [6.45, 7) is -0.0606. The number of nitrogens with zero attached hydrogens (tertiary/aromatic N) is 2. The van der Waals surface area contributed by atoms with Crippen molar-refractivity contribution in [3.8, 4) is 0 Å². The Labute approximate surface area is 134 Å². The summed E-state index contributed by atoms with van der Waals surface area (Å²) in [6.07, 6.45) is 6.71. The maximum absolute atomic E-state index is 12.4. The molecule has 3 N–H and O–H groups in total. The molecule has 1 heterocycles. The number of carbonyl (C=O) groups is 1. The summed E-state index contributed by atoms with van der Waals surface area (Å²) in [4.78, 5) is 35.7. The van der Waals surface area contributed by atoms with Crippen LogP contribution in [0.4, 0.5) is 0 Å². The molecule has 2 fully saturated rings. The van der Waals surface area contributed by atoms with E-state index in [9.17, 15) is 14.4 Å². The van der Waals surface area contributed by atoms with Crippen molar-refractivity contribution >= 4 is 5.91 Å². The lowest BCUT2D eigenvalue weighted by molar-refractivity contribution is -0.124. The zero-order chi connectivity index (χ0) is 16.6. The van der Waals surface area contributed by atoms with Crippen molar-refractivity contribution < 1.29 is 4.79 Å². The molecule has 7 nitrogen and oxygen atoms in total. The summed E-state index contributed by atoms with van der Waals surface area (Å²) in [5.74, 6) is 0.708. The molecule has 0 saturated heterocycles. The standard InChI is InChI=1S/C16H24N4O3/c1-19-14(22)5-6-20(16(19)23)9-13(21)18-15-10-3-2-4-11(15)8-12(17)7-10/h5-6,10-12,15H,2-4,7-9,17H2,1H3,(H,18,21). The van der Waals surface area contributed by atoms with Gasteiger partial charge >= 0.3 is 5.69 Å². The van der Waals surface area contributed by atoms with E-state index in [1.54, 1.807) is 0 Å². The zero-order valence-electron chi connectivity index (χ0n) is 13.4. The van der Waals surface area contributed by atoms with Crippen LogP contribution in [0.1, 0.15) is 32.1 Å². The molecule has 2 saturated carbocycles. The number of nitrogens with two attached hydrogens (primary N) is 1. The summed E-state index contributed by atoms with van der Waals surface area (Å²) in [7, 11) is 1.41. The topological polar surface area (TPSA) is 99.1 Å². The maximum atomic E-state index is 12.4. The quantitative estimate of drug-likeness (QED) is 0.789. The Morgan fingerprint density at radius 1 is 1.30 bits per heavy atom. The predicted molar refractivity (Wildman–Crippen MR) is 85.9 cm³/mol. The second-order valence-corrected chi connectivity index (χ2v) is 6.90. The number of hydrogen-bond donors (Lipinski definition) is 2. The molecule has 3 rings (SSSR count). The van der Waals surface area contributed by atoms with Crippen molar-refractivity contribution in [2.24, 2.45) is 24.6 Å². The highest BCUT2D eigenvalue weighted by molar-refractivity contribution is 5.76. The van der Waals surface area contributed by atoms with E-state index in [0.29, 0.717) is 11.8 Å². The lowest BCUT2D eigenvalue weighted by atomic mass is 9.67. The predicted octanol–water partition coefficient (Wildman–Crippen LogP) is -0.431. The molecule has 2 bridgehead atoms. The van der Waals surface area contributed by atoms with Crippen LogP contribution in [-0.4, -0.2) is 27.1 Å². The van der Waals surface area contributed by atoms with Gasteiger partial charge in [0, 0.05) is 31.4 Å². The molecule has 0 aromatic carbocycles. The number of hydrogen-bond acceptors (Lipinski definition) is 4. The minimum Gasteiger partial charge on any atom is -0.351 e. The average Bonchev–Trinajstić information content (AvgIpc) is 2.49. The third-order valence-corrected chi connectivity index (χ3v) is 5.28. The molecule has 1 aromatic rings. The van der Waals surface area contributed by atoms with Gasteiger partial charge < -0.3 is 11.1 Å². The van der Waals surface area contributed by atoms with Gasteiger partial charge in [0.05, 0.1) is 0 Å². The molecule has 2 unspecified atom stereocenters. The monoisotopic (exact) mass is 320 g/mol. The molecule has 1 aromatic heterocycles. The third kappa shape index (κ3) is 3.24. The van der Waals surface area contributed by atoms with Crippen molar-refractivity contribution in [1.82, 2.24) is 14.5 Å². The van der Waals surface area contributed by atoms with Gasteiger partial charge in [-0.1, -0.05) is 6.42 Å². The Morgan fingerprint density at radius 2 is 1.96 bits per heavy atom. The first-order valence-electron chi connectivity index (χ1n) is 8.27.